The van der Waals surface area contributed by atoms with Crippen molar-refractivity contribution < 1.29 is 18.0 Å². The molecule has 0 spiro atoms. The van der Waals surface area contributed by atoms with Gasteiger partial charge < -0.3 is 10.2 Å². The van der Waals surface area contributed by atoms with E-state index in [4.69, 9.17) is 5.14 Å². The lowest BCUT2D eigenvalue weighted by Gasteiger charge is -2.36. The fourth-order valence-electron chi connectivity index (χ4n) is 2.99. The molecule has 1 aliphatic heterocycles. The summed E-state index contributed by atoms with van der Waals surface area (Å²) in [5.74, 6) is -0.225. The quantitative estimate of drug-likeness (QED) is 0.652. The van der Waals surface area contributed by atoms with Gasteiger partial charge in [0.1, 0.15) is 4.90 Å². The van der Waals surface area contributed by atoms with Crippen molar-refractivity contribution in [2.24, 2.45) is 5.14 Å². The molecule has 8 nitrogen and oxygen atoms in total. The van der Waals surface area contributed by atoms with Gasteiger partial charge in [0, 0.05) is 37.8 Å². The molecule has 1 fully saturated rings. The van der Waals surface area contributed by atoms with Gasteiger partial charge in [0.25, 0.3) is 0 Å². The third-order valence-electron chi connectivity index (χ3n) is 4.77. The lowest BCUT2D eigenvalue weighted by molar-refractivity contribution is -0.122. The predicted octanol–water partition coefficient (Wildman–Crippen LogP) is 0.573. The summed E-state index contributed by atoms with van der Waals surface area (Å²) >= 11 is 0. The molecular weight excluding hydrogens is 368 g/mol. The largest absolute Gasteiger partial charge is 0.368 e. The molecule has 0 aliphatic carbocycles. The molecule has 1 aromatic carbocycles. The van der Waals surface area contributed by atoms with E-state index in [1.54, 1.807) is 12.1 Å². The zero-order valence-corrected chi connectivity index (χ0v) is 16.9. The van der Waals surface area contributed by atoms with Gasteiger partial charge in [-0.05, 0) is 38.5 Å². The van der Waals surface area contributed by atoms with E-state index < -0.39 is 10.0 Å². The van der Waals surface area contributed by atoms with E-state index in [2.05, 4.69) is 5.32 Å². The summed E-state index contributed by atoms with van der Waals surface area (Å²) in [5.41, 5.74) is 0.800. The molecule has 0 bridgehead atoms. The zero-order valence-electron chi connectivity index (χ0n) is 16.1. The summed E-state index contributed by atoms with van der Waals surface area (Å²) in [6, 6.07) is 4.72. The Kier molecular flexibility index (Phi) is 6.96. The number of nitrogens with one attached hydrogen (secondary N) is 1. The summed E-state index contributed by atoms with van der Waals surface area (Å²) in [6.07, 6.45) is 0.881. The summed E-state index contributed by atoms with van der Waals surface area (Å²) in [5, 5.41) is 8.30. The molecule has 150 valence electrons. The van der Waals surface area contributed by atoms with Gasteiger partial charge in [0.15, 0.2) is 5.78 Å². The van der Waals surface area contributed by atoms with E-state index in [-0.39, 0.29) is 22.6 Å². The maximum Gasteiger partial charge on any atom is 0.240 e. The van der Waals surface area contributed by atoms with Crippen LogP contribution in [0.15, 0.2) is 23.1 Å². The normalized spacial score (nSPS) is 16.8. The number of amides is 1. The van der Waals surface area contributed by atoms with Crippen molar-refractivity contribution in [2.45, 2.75) is 38.1 Å². The Morgan fingerprint density at radius 1 is 1.22 bits per heavy atom. The van der Waals surface area contributed by atoms with E-state index in [1.807, 2.05) is 23.6 Å². The Hall–Kier alpha value is -1.97. The van der Waals surface area contributed by atoms with Crippen molar-refractivity contribution in [3.05, 3.63) is 23.8 Å². The monoisotopic (exact) mass is 396 g/mol. The second-order valence-corrected chi connectivity index (χ2v) is 8.45. The van der Waals surface area contributed by atoms with E-state index in [0.29, 0.717) is 44.0 Å². The van der Waals surface area contributed by atoms with Crippen LogP contribution in [0.25, 0.3) is 0 Å². The summed E-state index contributed by atoms with van der Waals surface area (Å²) in [4.78, 5) is 27.5. The summed E-state index contributed by atoms with van der Waals surface area (Å²) in [7, 11) is -3.96. The van der Waals surface area contributed by atoms with E-state index in [1.165, 1.54) is 13.0 Å². The van der Waals surface area contributed by atoms with Crippen molar-refractivity contribution >= 4 is 27.4 Å². The highest BCUT2D eigenvalue weighted by atomic mass is 32.2. The van der Waals surface area contributed by atoms with Gasteiger partial charge in [-0.25, -0.2) is 13.6 Å². The van der Waals surface area contributed by atoms with Gasteiger partial charge in [0.05, 0.1) is 12.2 Å². The van der Waals surface area contributed by atoms with Crippen molar-refractivity contribution in [3.63, 3.8) is 0 Å². The molecule has 1 atom stereocenters. The highest BCUT2D eigenvalue weighted by Crippen LogP contribution is 2.27. The Morgan fingerprint density at radius 3 is 2.37 bits per heavy atom. The molecular formula is C18H28N4O4S. The van der Waals surface area contributed by atoms with Gasteiger partial charge in [-0.1, -0.05) is 6.92 Å². The number of anilines is 1. The lowest BCUT2D eigenvalue weighted by atomic mass is 10.1. The van der Waals surface area contributed by atoms with Gasteiger partial charge in [0.2, 0.25) is 15.9 Å². The number of rotatable bonds is 7. The molecule has 1 aliphatic rings. The number of Topliss-reactive ketones (excluding diaryl/α,β-unsaturated/α-hetero) is 1. The van der Waals surface area contributed by atoms with Gasteiger partial charge in [-0.15, -0.1) is 0 Å². The average Bonchev–Trinajstić information content (AvgIpc) is 2.60. The minimum absolute atomic E-state index is 0.00571. The number of carbonyl (C=O) groups is 2. The molecule has 0 unspecified atom stereocenters. The van der Waals surface area contributed by atoms with Crippen LogP contribution in [0, 0.1) is 0 Å². The van der Waals surface area contributed by atoms with E-state index >= 15 is 0 Å². The Labute approximate surface area is 160 Å². The SMILES string of the molecule is CC[C@H](C)NC(=O)CN1CCN(c2ccc(C(C)=O)cc2S(N)(=O)=O)CC1. The van der Waals surface area contributed by atoms with E-state index in [0.717, 1.165) is 6.42 Å². The number of carbonyl (C=O) groups excluding carboxylic acids is 2. The van der Waals surface area contributed by atoms with Crippen LogP contribution in [0.5, 0.6) is 0 Å². The summed E-state index contributed by atoms with van der Waals surface area (Å²) < 4.78 is 24.0. The fourth-order valence-corrected chi connectivity index (χ4v) is 3.77. The number of nitrogens with zero attached hydrogens (tertiary/aromatic N) is 2. The highest BCUT2D eigenvalue weighted by molar-refractivity contribution is 7.89. The zero-order chi connectivity index (χ0) is 20.2. The van der Waals surface area contributed by atoms with E-state index in [9.17, 15) is 18.0 Å². The Morgan fingerprint density at radius 2 is 1.85 bits per heavy atom. The second-order valence-electron chi connectivity index (χ2n) is 6.92. The van der Waals surface area contributed by atoms with Crippen molar-refractivity contribution in [1.29, 1.82) is 0 Å². The Balaban J connectivity index is 2.07. The fraction of sp³-hybridized carbons (Fsp3) is 0.556. The van der Waals surface area contributed by atoms with Crippen LogP contribution in [-0.2, 0) is 14.8 Å². The molecule has 1 heterocycles. The average molecular weight is 397 g/mol. The minimum Gasteiger partial charge on any atom is -0.368 e. The first kappa shape index (κ1) is 21.3. The first-order valence-corrected chi connectivity index (χ1v) is 10.6. The van der Waals surface area contributed by atoms with Crippen LogP contribution >= 0.6 is 0 Å². The molecule has 0 saturated carbocycles. The molecule has 1 amide bonds. The van der Waals surface area contributed by atoms with Crippen LogP contribution in [-0.4, -0.2) is 63.8 Å². The molecule has 3 N–H and O–H groups in total. The van der Waals surface area contributed by atoms with Crippen molar-refractivity contribution in [1.82, 2.24) is 10.2 Å². The Bertz CT molecular complexity index is 802. The molecule has 1 saturated heterocycles. The van der Waals surface area contributed by atoms with Crippen LogP contribution in [0.4, 0.5) is 5.69 Å². The third-order valence-corrected chi connectivity index (χ3v) is 5.71. The number of piperazine rings is 1. The third kappa shape index (κ3) is 5.75. The smallest absolute Gasteiger partial charge is 0.240 e. The maximum absolute atomic E-state index is 12.0. The molecule has 0 aromatic heterocycles. The number of primary sulfonamides is 1. The van der Waals surface area contributed by atoms with Crippen LogP contribution in [0.3, 0.4) is 0 Å². The number of benzene rings is 1. The number of hydrogen-bond acceptors (Lipinski definition) is 6. The molecule has 9 heteroatoms. The van der Waals surface area contributed by atoms with Crippen LogP contribution < -0.4 is 15.4 Å². The van der Waals surface area contributed by atoms with Crippen molar-refractivity contribution in [2.75, 3.05) is 37.6 Å². The predicted molar refractivity (Wildman–Crippen MR) is 104 cm³/mol. The van der Waals surface area contributed by atoms with Gasteiger partial charge >= 0.3 is 0 Å². The number of nitrogens with two attached hydrogens (primary N) is 1. The molecule has 2 rings (SSSR count). The molecule has 0 radical (unpaired) electrons. The standard InChI is InChI=1S/C18H28N4O4S/c1-4-13(2)20-18(24)12-21-7-9-22(10-8-21)16-6-5-15(14(3)23)11-17(16)27(19,25)26/h5-6,11,13H,4,7-10,12H2,1-3H3,(H,20,24)(H2,19,25,26)/t13-/m0/s1. The second kappa shape index (κ2) is 8.81. The number of hydrogen-bond donors (Lipinski definition) is 2. The highest BCUT2D eigenvalue weighted by Gasteiger charge is 2.24. The number of ketones is 1. The van der Waals surface area contributed by atoms with Gasteiger partial charge in [-0.2, -0.15) is 0 Å². The molecule has 27 heavy (non-hydrogen) atoms. The van der Waals surface area contributed by atoms with Crippen LogP contribution in [0.1, 0.15) is 37.6 Å². The van der Waals surface area contributed by atoms with Crippen LogP contribution in [0.2, 0.25) is 0 Å². The summed E-state index contributed by atoms with van der Waals surface area (Å²) in [6.45, 7) is 8.09. The topological polar surface area (TPSA) is 113 Å². The first-order chi connectivity index (χ1) is 12.6. The van der Waals surface area contributed by atoms with Crippen molar-refractivity contribution in [3.8, 4) is 0 Å². The number of sulfonamides is 1. The molecule has 1 aromatic rings. The lowest BCUT2D eigenvalue weighted by Crippen LogP contribution is -2.50. The van der Waals surface area contributed by atoms with Gasteiger partial charge in [-0.3, -0.25) is 14.5 Å². The first-order valence-electron chi connectivity index (χ1n) is 9.06. The maximum atomic E-state index is 12.0. The minimum atomic E-state index is -3.96.